The number of hydrogen-bond acceptors (Lipinski definition) is 11. The summed E-state index contributed by atoms with van der Waals surface area (Å²) < 4.78 is 44.7. The van der Waals surface area contributed by atoms with Gasteiger partial charge in [-0.25, -0.2) is 0 Å². The fourth-order valence-electron chi connectivity index (χ4n) is 6.52. The van der Waals surface area contributed by atoms with Gasteiger partial charge in [0.05, 0.1) is 33.0 Å². The summed E-state index contributed by atoms with van der Waals surface area (Å²) in [6, 6.07) is 29.3. The van der Waals surface area contributed by atoms with Crippen molar-refractivity contribution >= 4 is 0 Å². The van der Waals surface area contributed by atoms with Crippen LogP contribution in [-0.2, 0) is 53.0 Å². The molecular formula is C41H56O11. The Morgan fingerprint density at radius 1 is 0.615 bits per heavy atom. The minimum absolute atomic E-state index is 0.00376. The Kier molecular flexibility index (Phi) is 16.9. The number of ether oxygens (including phenoxy) is 7. The van der Waals surface area contributed by atoms with Crippen LogP contribution in [-0.4, -0.2) is 102 Å². The van der Waals surface area contributed by atoms with E-state index >= 15 is 0 Å². The van der Waals surface area contributed by atoms with Crippen molar-refractivity contribution < 1.29 is 53.6 Å². The van der Waals surface area contributed by atoms with E-state index in [-0.39, 0.29) is 26.4 Å². The normalized spacial score (nSPS) is 27.2. The molecule has 11 nitrogen and oxygen atoms in total. The predicted molar refractivity (Wildman–Crippen MR) is 193 cm³/mol. The number of aliphatic hydroxyl groups excluding tert-OH is 4. The van der Waals surface area contributed by atoms with Gasteiger partial charge in [-0.1, -0.05) is 130 Å². The van der Waals surface area contributed by atoms with Crippen molar-refractivity contribution in [2.75, 3.05) is 19.8 Å². The van der Waals surface area contributed by atoms with Crippen LogP contribution >= 0.6 is 0 Å². The van der Waals surface area contributed by atoms with Gasteiger partial charge >= 0.3 is 0 Å². The van der Waals surface area contributed by atoms with Gasteiger partial charge in [-0.15, -0.1) is 0 Å². The summed E-state index contributed by atoms with van der Waals surface area (Å²) in [5.74, 6) is 0. The molecule has 11 heteroatoms. The Bertz CT molecular complexity index is 1370. The summed E-state index contributed by atoms with van der Waals surface area (Å²) in [4.78, 5) is 0. The SMILES string of the molecule is CCCCCCCCO[C@H]1OC([C@@H](COCc2ccccc2)O[C@H]2O[C@H]([C@@H](O)CO)[C@@H](O)[C@@H]2O)[C@@H](OCc2ccccc2)[C@@H]1OCc1ccccc1. The second kappa shape index (κ2) is 21.8. The molecule has 2 aliphatic heterocycles. The maximum atomic E-state index is 11.0. The Balaban J connectivity index is 1.40. The zero-order chi connectivity index (χ0) is 36.5. The standard InChI is InChI=1S/C41H56O11/c1-2-3-4-5-6-16-23-47-41-39(49-27-31-21-14-9-15-22-31)38(48-26-30-19-12-8-13-20-30)37(52-41)33(28-46-25-29-17-10-7-11-18-29)50-40-35(45)34(44)36(51-40)32(43)24-42/h7-15,17-22,32-45H,2-6,16,23-28H2,1H3/t32-,33+,34-,35-,36+,37?,38+,39-,40-,41-/m0/s1. The van der Waals surface area contributed by atoms with Crippen LogP contribution < -0.4 is 0 Å². The first kappa shape index (κ1) is 40.4. The van der Waals surface area contributed by atoms with Gasteiger partial charge in [0.15, 0.2) is 12.6 Å². The first-order valence-corrected chi connectivity index (χ1v) is 18.6. The minimum atomic E-state index is -1.52. The fraction of sp³-hybridized carbons (Fsp3) is 0.561. The summed E-state index contributed by atoms with van der Waals surface area (Å²) in [6.45, 7) is 2.82. The molecule has 0 radical (unpaired) electrons. The average molecular weight is 725 g/mol. The maximum Gasteiger partial charge on any atom is 0.187 e. The highest BCUT2D eigenvalue weighted by Gasteiger charge is 2.53. The van der Waals surface area contributed by atoms with E-state index in [1.54, 1.807) is 0 Å². The molecule has 0 amide bonds. The van der Waals surface area contributed by atoms with Crippen LogP contribution in [0.4, 0.5) is 0 Å². The van der Waals surface area contributed by atoms with E-state index in [0.29, 0.717) is 6.61 Å². The number of unbranched alkanes of at least 4 members (excludes halogenated alkanes) is 5. The second-order valence-electron chi connectivity index (χ2n) is 13.5. The molecule has 1 unspecified atom stereocenters. The lowest BCUT2D eigenvalue weighted by Crippen LogP contribution is -2.47. The number of rotatable bonds is 23. The third kappa shape index (κ3) is 11.9. The second-order valence-corrected chi connectivity index (χ2v) is 13.5. The highest BCUT2D eigenvalue weighted by molar-refractivity contribution is 5.15. The first-order chi connectivity index (χ1) is 25.5. The van der Waals surface area contributed by atoms with Crippen molar-refractivity contribution in [3.63, 3.8) is 0 Å². The Hall–Kier alpha value is -2.78. The molecule has 3 aromatic rings. The molecule has 0 bridgehead atoms. The zero-order valence-electron chi connectivity index (χ0n) is 30.1. The van der Waals surface area contributed by atoms with Crippen LogP contribution in [0.3, 0.4) is 0 Å². The number of hydrogen-bond donors (Lipinski definition) is 4. The molecule has 2 aliphatic rings. The average Bonchev–Trinajstić information content (AvgIpc) is 3.67. The largest absolute Gasteiger partial charge is 0.394 e. The van der Waals surface area contributed by atoms with Crippen LogP contribution in [0.2, 0.25) is 0 Å². The van der Waals surface area contributed by atoms with Crippen LogP contribution in [0.1, 0.15) is 62.1 Å². The van der Waals surface area contributed by atoms with Crippen molar-refractivity contribution in [1.29, 1.82) is 0 Å². The van der Waals surface area contributed by atoms with E-state index in [2.05, 4.69) is 6.92 Å². The quantitative estimate of drug-likeness (QED) is 0.101. The first-order valence-electron chi connectivity index (χ1n) is 18.6. The van der Waals surface area contributed by atoms with Crippen LogP contribution in [0.15, 0.2) is 91.0 Å². The third-order valence-corrected chi connectivity index (χ3v) is 9.45. The van der Waals surface area contributed by atoms with Gasteiger partial charge in [-0.3, -0.25) is 0 Å². The monoisotopic (exact) mass is 724 g/mol. The number of aliphatic hydroxyl groups is 4. The maximum absolute atomic E-state index is 11.0. The minimum Gasteiger partial charge on any atom is -0.394 e. The van der Waals surface area contributed by atoms with E-state index in [1.807, 2.05) is 91.0 Å². The molecule has 52 heavy (non-hydrogen) atoms. The van der Waals surface area contributed by atoms with Gasteiger partial charge in [0.1, 0.15) is 48.8 Å². The van der Waals surface area contributed by atoms with Crippen molar-refractivity contribution in [2.45, 2.75) is 127 Å². The van der Waals surface area contributed by atoms with E-state index in [9.17, 15) is 20.4 Å². The topological polar surface area (TPSA) is 146 Å². The molecule has 0 spiro atoms. The molecule has 4 N–H and O–H groups in total. The summed E-state index contributed by atoms with van der Waals surface area (Å²) in [6.07, 6.45) is -4.37. The molecule has 2 heterocycles. The molecule has 0 aromatic heterocycles. The Labute approximate surface area is 307 Å². The van der Waals surface area contributed by atoms with Crippen LogP contribution in [0.25, 0.3) is 0 Å². The highest BCUT2D eigenvalue weighted by Crippen LogP contribution is 2.35. The summed E-state index contributed by atoms with van der Waals surface area (Å²) >= 11 is 0. The van der Waals surface area contributed by atoms with E-state index in [0.717, 1.165) is 36.0 Å². The highest BCUT2D eigenvalue weighted by atomic mass is 16.8. The Morgan fingerprint density at radius 2 is 1.15 bits per heavy atom. The van der Waals surface area contributed by atoms with E-state index < -0.39 is 68.0 Å². The molecular weight excluding hydrogens is 668 g/mol. The number of benzene rings is 3. The lowest BCUT2D eigenvalue weighted by atomic mass is 10.0. The molecule has 3 aromatic carbocycles. The van der Waals surface area contributed by atoms with E-state index in [4.69, 9.17) is 33.2 Å². The van der Waals surface area contributed by atoms with Gasteiger partial charge in [0.2, 0.25) is 0 Å². The van der Waals surface area contributed by atoms with Crippen molar-refractivity contribution in [2.24, 2.45) is 0 Å². The molecule has 0 aliphatic carbocycles. The lowest BCUT2D eigenvalue weighted by Gasteiger charge is -2.31. The Morgan fingerprint density at radius 3 is 1.75 bits per heavy atom. The van der Waals surface area contributed by atoms with Crippen LogP contribution in [0, 0.1) is 0 Å². The molecule has 5 rings (SSSR count). The van der Waals surface area contributed by atoms with Gasteiger partial charge in [0.25, 0.3) is 0 Å². The molecule has 2 saturated heterocycles. The van der Waals surface area contributed by atoms with Crippen molar-refractivity contribution in [3.05, 3.63) is 108 Å². The smallest absolute Gasteiger partial charge is 0.187 e. The summed E-state index contributed by atoms with van der Waals surface area (Å²) in [7, 11) is 0. The summed E-state index contributed by atoms with van der Waals surface area (Å²) in [5, 5.41) is 41.5. The van der Waals surface area contributed by atoms with Gasteiger partial charge in [-0.2, -0.15) is 0 Å². The summed E-state index contributed by atoms with van der Waals surface area (Å²) in [5.41, 5.74) is 2.88. The van der Waals surface area contributed by atoms with Crippen LogP contribution in [0.5, 0.6) is 0 Å². The van der Waals surface area contributed by atoms with Crippen molar-refractivity contribution in [1.82, 2.24) is 0 Å². The third-order valence-electron chi connectivity index (χ3n) is 9.45. The zero-order valence-corrected chi connectivity index (χ0v) is 30.1. The van der Waals surface area contributed by atoms with Gasteiger partial charge in [-0.05, 0) is 23.1 Å². The lowest BCUT2D eigenvalue weighted by molar-refractivity contribution is -0.248. The molecule has 10 atom stereocenters. The molecule has 286 valence electrons. The van der Waals surface area contributed by atoms with Crippen molar-refractivity contribution in [3.8, 4) is 0 Å². The van der Waals surface area contributed by atoms with Gasteiger partial charge in [0, 0.05) is 6.61 Å². The van der Waals surface area contributed by atoms with Gasteiger partial charge < -0.3 is 53.6 Å². The predicted octanol–water partition coefficient (Wildman–Crippen LogP) is 4.66. The molecule has 0 saturated carbocycles. The van der Waals surface area contributed by atoms with E-state index in [1.165, 1.54) is 19.3 Å². The molecule has 2 fully saturated rings. The fourth-order valence-corrected chi connectivity index (χ4v) is 6.52.